The number of benzene rings is 1. The monoisotopic (exact) mass is 308 g/mol. The summed E-state index contributed by atoms with van der Waals surface area (Å²) < 4.78 is 5.71. The Morgan fingerprint density at radius 3 is 2.62 bits per heavy atom. The van der Waals surface area contributed by atoms with Gasteiger partial charge in [0, 0.05) is 43.0 Å². The summed E-state index contributed by atoms with van der Waals surface area (Å²) in [6, 6.07) is 7.21. The second kappa shape index (κ2) is 6.99. The minimum Gasteiger partial charge on any atom is -0.378 e. The van der Waals surface area contributed by atoms with Crippen LogP contribution < -0.4 is 10.2 Å². The van der Waals surface area contributed by atoms with Crippen LogP contribution in [0, 0.1) is 0 Å². The second-order valence-corrected chi connectivity index (χ2v) is 6.48. The number of hydrogen-bond acceptors (Lipinski definition) is 3. The van der Waals surface area contributed by atoms with Gasteiger partial charge in [-0.1, -0.05) is 17.7 Å². The van der Waals surface area contributed by atoms with Crippen LogP contribution in [0.5, 0.6) is 0 Å². The van der Waals surface area contributed by atoms with E-state index in [-0.39, 0.29) is 0 Å². The molecule has 1 saturated heterocycles. The van der Waals surface area contributed by atoms with Crippen LogP contribution in [0.4, 0.5) is 5.69 Å². The number of halogens is 1. The molecular formula is C17H25ClN2O. The molecule has 4 heteroatoms. The highest BCUT2D eigenvalue weighted by Gasteiger charge is 2.21. The van der Waals surface area contributed by atoms with Gasteiger partial charge in [0.05, 0.1) is 6.10 Å². The van der Waals surface area contributed by atoms with Crippen molar-refractivity contribution >= 4 is 17.3 Å². The normalized spacial score (nSPS) is 20.0. The van der Waals surface area contributed by atoms with E-state index >= 15 is 0 Å². The molecule has 1 heterocycles. The summed E-state index contributed by atoms with van der Waals surface area (Å²) in [5.74, 6) is 0. The summed E-state index contributed by atoms with van der Waals surface area (Å²) in [6.07, 6.45) is 5.27. The van der Waals surface area contributed by atoms with Gasteiger partial charge in [-0.15, -0.1) is 0 Å². The van der Waals surface area contributed by atoms with Gasteiger partial charge in [0.15, 0.2) is 0 Å². The van der Waals surface area contributed by atoms with Crippen molar-refractivity contribution < 1.29 is 4.74 Å². The minimum absolute atomic E-state index is 0.434. The molecule has 0 aromatic heterocycles. The highest BCUT2D eigenvalue weighted by atomic mass is 35.5. The Morgan fingerprint density at radius 2 is 2.00 bits per heavy atom. The molecule has 1 aromatic carbocycles. The van der Waals surface area contributed by atoms with Crippen molar-refractivity contribution in [2.24, 2.45) is 0 Å². The summed E-state index contributed by atoms with van der Waals surface area (Å²) in [7, 11) is 0. The van der Waals surface area contributed by atoms with Gasteiger partial charge in [-0.2, -0.15) is 0 Å². The molecule has 116 valence electrons. The number of ether oxygens (including phenoxy) is 1. The van der Waals surface area contributed by atoms with Crippen LogP contribution in [0.2, 0.25) is 5.02 Å². The standard InChI is InChI=1S/C17H25ClN2O/c1-2-21-16-7-9-20(10-8-16)15-6-3-13(17(18)11-15)12-19-14-4-5-14/h3,6,11,14,16,19H,2,4-5,7-10,12H2,1H3. The topological polar surface area (TPSA) is 24.5 Å². The third kappa shape index (κ3) is 4.12. The molecule has 0 spiro atoms. The molecule has 1 N–H and O–H groups in total. The van der Waals surface area contributed by atoms with Crippen LogP contribution in [0.15, 0.2) is 18.2 Å². The van der Waals surface area contributed by atoms with Gasteiger partial charge >= 0.3 is 0 Å². The Hall–Kier alpha value is -0.770. The first-order chi connectivity index (χ1) is 10.3. The average molecular weight is 309 g/mol. The lowest BCUT2D eigenvalue weighted by atomic mass is 10.1. The van der Waals surface area contributed by atoms with Crippen LogP contribution in [-0.4, -0.2) is 31.8 Å². The van der Waals surface area contributed by atoms with E-state index in [0.717, 1.165) is 50.1 Å². The predicted octanol–water partition coefficient (Wildman–Crippen LogP) is 3.60. The lowest BCUT2D eigenvalue weighted by Gasteiger charge is -2.33. The summed E-state index contributed by atoms with van der Waals surface area (Å²) in [5, 5.41) is 4.40. The number of piperidine rings is 1. The van der Waals surface area contributed by atoms with Crippen molar-refractivity contribution in [1.29, 1.82) is 0 Å². The van der Waals surface area contributed by atoms with Gasteiger partial charge < -0.3 is 15.0 Å². The van der Waals surface area contributed by atoms with Crippen molar-refractivity contribution in [1.82, 2.24) is 5.32 Å². The fraction of sp³-hybridized carbons (Fsp3) is 0.647. The van der Waals surface area contributed by atoms with Crippen molar-refractivity contribution in [3.05, 3.63) is 28.8 Å². The van der Waals surface area contributed by atoms with Gasteiger partial charge in [-0.3, -0.25) is 0 Å². The maximum atomic E-state index is 6.44. The first-order valence-electron chi connectivity index (χ1n) is 8.14. The molecule has 3 rings (SSSR count). The van der Waals surface area contributed by atoms with Crippen LogP contribution in [0.1, 0.15) is 38.2 Å². The number of nitrogens with zero attached hydrogens (tertiary/aromatic N) is 1. The van der Waals surface area contributed by atoms with Crippen molar-refractivity contribution in [3.8, 4) is 0 Å². The summed E-state index contributed by atoms with van der Waals surface area (Å²) >= 11 is 6.44. The fourth-order valence-electron chi connectivity index (χ4n) is 2.93. The van der Waals surface area contributed by atoms with E-state index < -0.39 is 0 Å². The van der Waals surface area contributed by atoms with Crippen LogP contribution in [0.25, 0.3) is 0 Å². The van der Waals surface area contributed by atoms with E-state index in [1.165, 1.54) is 24.1 Å². The second-order valence-electron chi connectivity index (χ2n) is 6.07. The zero-order valence-electron chi connectivity index (χ0n) is 12.8. The summed E-state index contributed by atoms with van der Waals surface area (Å²) in [5.41, 5.74) is 2.45. The lowest BCUT2D eigenvalue weighted by Crippen LogP contribution is -2.37. The van der Waals surface area contributed by atoms with Crippen molar-refractivity contribution in [2.45, 2.75) is 51.3 Å². The van der Waals surface area contributed by atoms with Gasteiger partial charge in [0.1, 0.15) is 0 Å². The van der Waals surface area contributed by atoms with E-state index in [0.29, 0.717) is 6.10 Å². The van der Waals surface area contributed by atoms with Crippen LogP contribution in [-0.2, 0) is 11.3 Å². The number of anilines is 1. The molecule has 1 aliphatic heterocycles. The third-order valence-corrected chi connectivity index (χ3v) is 4.76. The average Bonchev–Trinajstić information content (AvgIpc) is 3.31. The Kier molecular flexibility index (Phi) is 5.04. The Balaban J connectivity index is 1.57. The molecule has 0 bridgehead atoms. The first-order valence-corrected chi connectivity index (χ1v) is 8.52. The first kappa shape index (κ1) is 15.1. The zero-order chi connectivity index (χ0) is 14.7. The van der Waals surface area contributed by atoms with Gasteiger partial charge in [0.25, 0.3) is 0 Å². The van der Waals surface area contributed by atoms with Crippen molar-refractivity contribution in [2.75, 3.05) is 24.6 Å². The number of nitrogens with one attached hydrogen (secondary N) is 1. The molecule has 0 amide bonds. The fourth-order valence-corrected chi connectivity index (χ4v) is 3.18. The third-order valence-electron chi connectivity index (χ3n) is 4.40. The molecule has 1 saturated carbocycles. The van der Waals surface area contributed by atoms with E-state index in [4.69, 9.17) is 16.3 Å². The zero-order valence-corrected chi connectivity index (χ0v) is 13.5. The van der Waals surface area contributed by atoms with E-state index in [2.05, 4.69) is 35.3 Å². The number of hydrogen-bond donors (Lipinski definition) is 1. The van der Waals surface area contributed by atoms with Gasteiger partial charge in [-0.05, 0) is 50.3 Å². The van der Waals surface area contributed by atoms with E-state index in [9.17, 15) is 0 Å². The highest BCUT2D eigenvalue weighted by molar-refractivity contribution is 6.31. The molecule has 1 aromatic rings. The predicted molar refractivity (Wildman–Crippen MR) is 88.2 cm³/mol. The Morgan fingerprint density at radius 1 is 1.24 bits per heavy atom. The molecule has 0 radical (unpaired) electrons. The molecule has 0 unspecified atom stereocenters. The molecule has 1 aliphatic carbocycles. The molecule has 3 nitrogen and oxygen atoms in total. The van der Waals surface area contributed by atoms with E-state index in [1.54, 1.807) is 0 Å². The molecule has 0 atom stereocenters. The highest BCUT2D eigenvalue weighted by Crippen LogP contribution is 2.27. The van der Waals surface area contributed by atoms with Crippen LogP contribution in [0.3, 0.4) is 0 Å². The Bertz CT molecular complexity index is 468. The Labute approximate surface area is 132 Å². The SMILES string of the molecule is CCOC1CCN(c2ccc(CNC3CC3)c(Cl)c2)CC1. The largest absolute Gasteiger partial charge is 0.378 e. The molecular weight excluding hydrogens is 284 g/mol. The number of rotatable bonds is 6. The van der Waals surface area contributed by atoms with Crippen LogP contribution >= 0.6 is 11.6 Å². The lowest BCUT2D eigenvalue weighted by molar-refractivity contribution is 0.0459. The van der Waals surface area contributed by atoms with E-state index in [1.807, 2.05) is 0 Å². The smallest absolute Gasteiger partial charge is 0.0608 e. The molecule has 2 aliphatic rings. The summed E-state index contributed by atoms with van der Waals surface area (Å²) in [6.45, 7) is 5.89. The summed E-state index contributed by atoms with van der Waals surface area (Å²) in [4.78, 5) is 2.42. The quantitative estimate of drug-likeness (QED) is 0.869. The van der Waals surface area contributed by atoms with Gasteiger partial charge in [0.2, 0.25) is 0 Å². The molecule has 21 heavy (non-hydrogen) atoms. The maximum absolute atomic E-state index is 6.44. The molecule has 2 fully saturated rings. The van der Waals surface area contributed by atoms with Gasteiger partial charge in [-0.25, -0.2) is 0 Å². The minimum atomic E-state index is 0.434. The maximum Gasteiger partial charge on any atom is 0.0608 e. The van der Waals surface area contributed by atoms with Crippen molar-refractivity contribution in [3.63, 3.8) is 0 Å².